The Morgan fingerprint density at radius 2 is 1.97 bits per heavy atom. The van der Waals surface area contributed by atoms with Crippen molar-refractivity contribution < 1.29 is 18.8 Å². The number of hydrogen-bond donors (Lipinski definition) is 2. The first kappa shape index (κ1) is 23.7. The van der Waals surface area contributed by atoms with Gasteiger partial charge in [0.1, 0.15) is 11.9 Å². The van der Waals surface area contributed by atoms with Gasteiger partial charge in [-0.05, 0) is 55.3 Å². The molecule has 3 amide bonds. The topological polar surface area (TPSA) is 102 Å². The maximum Gasteiger partial charge on any atom is 0.262 e. The van der Waals surface area contributed by atoms with Crippen LogP contribution in [0.15, 0.2) is 42.5 Å². The average Bonchev–Trinajstić information content (AvgIpc) is 3.41. The van der Waals surface area contributed by atoms with Crippen LogP contribution >= 0.6 is 22.9 Å². The number of nitrogens with zero attached hydrogens (tertiary/aromatic N) is 2. The summed E-state index contributed by atoms with van der Waals surface area (Å²) < 4.78 is 14.8. The second-order valence-corrected chi connectivity index (χ2v) is 9.46. The van der Waals surface area contributed by atoms with E-state index in [0.29, 0.717) is 31.2 Å². The Bertz CT molecular complexity index is 1320. The molecule has 174 valence electrons. The number of rotatable bonds is 5. The van der Waals surface area contributed by atoms with E-state index < -0.39 is 29.6 Å². The predicted octanol–water partition coefficient (Wildman–Crippen LogP) is 4.11. The van der Waals surface area contributed by atoms with E-state index in [2.05, 4.69) is 16.7 Å². The zero-order valence-corrected chi connectivity index (χ0v) is 19.7. The molecule has 0 saturated carbocycles. The fourth-order valence-corrected chi connectivity index (χ4v) is 5.27. The van der Waals surface area contributed by atoms with E-state index in [4.69, 9.17) is 11.6 Å². The highest BCUT2D eigenvalue weighted by molar-refractivity contribution is 7.21. The summed E-state index contributed by atoms with van der Waals surface area (Å²) in [5.74, 6) is -2.22. The number of amides is 3. The third kappa shape index (κ3) is 4.74. The average molecular weight is 499 g/mol. The minimum Gasteiger partial charge on any atom is -0.342 e. The van der Waals surface area contributed by atoms with Gasteiger partial charge in [-0.3, -0.25) is 14.4 Å². The smallest absolute Gasteiger partial charge is 0.262 e. The predicted molar refractivity (Wildman–Crippen MR) is 128 cm³/mol. The minimum atomic E-state index is -0.773. The summed E-state index contributed by atoms with van der Waals surface area (Å²) in [7, 11) is 0. The van der Waals surface area contributed by atoms with Crippen molar-refractivity contribution in [1.82, 2.24) is 10.2 Å². The number of fused-ring (bicyclic) bond motifs is 1. The first-order valence-corrected chi connectivity index (χ1v) is 11.7. The van der Waals surface area contributed by atoms with Gasteiger partial charge in [0.05, 0.1) is 23.4 Å². The van der Waals surface area contributed by atoms with E-state index in [9.17, 15) is 24.0 Å². The molecule has 1 aliphatic rings. The summed E-state index contributed by atoms with van der Waals surface area (Å²) >= 11 is 7.01. The van der Waals surface area contributed by atoms with Crippen LogP contribution in [0.5, 0.6) is 0 Å². The Labute approximate surface area is 204 Å². The van der Waals surface area contributed by atoms with Crippen molar-refractivity contribution in [3.63, 3.8) is 0 Å². The Morgan fingerprint density at radius 1 is 1.24 bits per heavy atom. The van der Waals surface area contributed by atoms with Crippen molar-refractivity contribution in [2.75, 3.05) is 18.4 Å². The number of anilines is 1. The van der Waals surface area contributed by atoms with E-state index in [1.807, 2.05) is 0 Å². The van der Waals surface area contributed by atoms with Crippen LogP contribution in [-0.4, -0.2) is 41.8 Å². The lowest BCUT2D eigenvalue weighted by Gasteiger charge is -2.20. The van der Waals surface area contributed by atoms with E-state index in [1.165, 1.54) is 11.0 Å². The van der Waals surface area contributed by atoms with Gasteiger partial charge >= 0.3 is 0 Å². The summed E-state index contributed by atoms with van der Waals surface area (Å²) in [6, 6.07) is 12.6. The number of nitrogens with one attached hydrogen (secondary N) is 2. The van der Waals surface area contributed by atoms with Crippen LogP contribution in [0, 0.1) is 30.0 Å². The molecule has 1 saturated heterocycles. The molecule has 2 heterocycles. The highest BCUT2D eigenvalue weighted by Gasteiger charge is 2.38. The molecule has 0 radical (unpaired) electrons. The lowest BCUT2D eigenvalue weighted by molar-refractivity contribution is -0.130. The molecule has 1 aliphatic heterocycles. The van der Waals surface area contributed by atoms with E-state index in [-0.39, 0.29) is 25.4 Å². The van der Waals surface area contributed by atoms with Crippen LogP contribution in [0.3, 0.4) is 0 Å². The highest BCUT2D eigenvalue weighted by atomic mass is 35.5. The van der Waals surface area contributed by atoms with Gasteiger partial charge in [-0.15, -0.1) is 11.3 Å². The van der Waals surface area contributed by atoms with Gasteiger partial charge in [0, 0.05) is 27.3 Å². The molecule has 34 heavy (non-hydrogen) atoms. The van der Waals surface area contributed by atoms with Crippen molar-refractivity contribution in [2.24, 2.45) is 5.92 Å². The maximum atomic E-state index is 14.1. The molecule has 2 atom stereocenters. The van der Waals surface area contributed by atoms with Crippen LogP contribution in [0.4, 0.5) is 10.1 Å². The lowest BCUT2D eigenvalue weighted by atomic mass is 10.1. The molecule has 10 heteroatoms. The number of hydrogen-bond acceptors (Lipinski definition) is 5. The summed E-state index contributed by atoms with van der Waals surface area (Å²) in [5, 5.41) is 15.8. The van der Waals surface area contributed by atoms with Crippen LogP contribution in [0.1, 0.15) is 21.7 Å². The maximum absolute atomic E-state index is 14.1. The second kappa shape index (κ2) is 9.79. The zero-order valence-electron chi connectivity index (χ0n) is 18.1. The number of halogens is 2. The van der Waals surface area contributed by atoms with Crippen molar-refractivity contribution in [2.45, 2.75) is 19.4 Å². The minimum absolute atomic E-state index is 0.0689. The molecule has 2 aromatic carbocycles. The van der Waals surface area contributed by atoms with Crippen LogP contribution in [0.2, 0.25) is 5.02 Å². The van der Waals surface area contributed by atoms with Crippen molar-refractivity contribution in [3.05, 3.63) is 63.7 Å². The van der Waals surface area contributed by atoms with Crippen LogP contribution < -0.4 is 10.6 Å². The molecule has 3 aromatic rings. The van der Waals surface area contributed by atoms with E-state index in [0.717, 1.165) is 11.3 Å². The Kier molecular flexibility index (Phi) is 6.82. The van der Waals surface area contributed by atoms with Crippen molar-refractivity contribution in [1.29, 1.82) is 5.26 Å². The largest absolute Gasteiger partial charge is 0.342 e. The monoisotopic (exact) mass is 498 g/mol. The van der Waals surface area contributed by atoms with Gasteiger partial charge in [-0.1, -0.05) is 17.7 Å². The van der Waals surface area contributed by atoms with Gasteiger partial charge in [-0.25, -0.2) is 4.39 Å². The fourth-order valence-electron chi connectivity index (χ4n) is 4.01. The third-order valence-corrected chi connectivity index (χ3v) is 7.27. The number of benzene rings is 2. The van der Waals surface area contributed by atoms with E-state index in [1.54, 1.807) is 43.3 Å². The van der Waals surface area contributed by atoms with Crippen LogP contribution in [0.25, 0.3) is 10.1 Å². The molecule has 0 spiro atoms. The van der Waals surface area contributed by atoms with Gasteiger partial charge in [-0.2, -0.15) is 5.26 Å². The molecule has 0 bridgehead atoms. The molecular weight excluding hydrogens is 479 g/mol. The molecular formula is C24H20ClFN4O3S. The van der Waals surface area contributed by atoms with E-state index >= 15 is 0 Å². The number of carbonyl (C=O) groups excluding carboxylic acids is 3. The molecule has 4 rings (SSSR count). The van der Waals surface area contributed by atoms with Gasteiger partial charge < -0.3 is 15.5 Å². The highest BCUT2D eigenvalue weighted by Crippen LogP contribution is 2.32. The fraction of sp³-hybridized carbons (Fsp3) is 0.250. The molecule has 0 aliphatic carbocycles. The number of thiophene rings is 1. The second-order valence-electron chi connectivity index (χ2n) is 7.97. The first-order chi connectivity index (χ1) is 16.3. The standard InChI is InChI=1S/C24H20ClFN4O3S/c1-13-21-18(26)3-2-4-19(21)34-22(13)24(33)28-11-20(31)30-12-14(9-17(30)10-27)23(32)29-16-7-5-15(25)6-8-16/h2-8,14,17H,9,11-12H2,1H3,(H,28,33)(H,29,32). The summed E-state index contributed by atoms with van der Waals surface area (Å²) in [4.78, 5) is 39.7. The molecule has 2 unspecified atom stereocenters. The first-order valence-electron chi connectivity index (χ1n) is 10.5. The van der Waals surface area contributed by atoms with Gasteiger partial charge in [0.25, 0.3) is 5.91 Å². The third-order valence-electron chi connectivity index (χ3n) is 5.76. The summed E-state index contributed by atoms with van der Waals surface area (Å²) in [5.41, 5.74) is 1.08. The molecule has 1 aromatic heterocycles. The number of carbonyl (C=O) groups is 3. The Hall–Kier alpha value is -3.48. The Morgan fingerprint density at radius 3 is 2.65 bits per heavy atom. The summed E-state index contributed by atoms with van der Waals surface area (Å²) in [6.45, 7) is 1.40. The summed E-state index contributed by atoms with van der Waals surface area (Å²) in [6.07, 6.45) is 0.199. The lowest BCUT2D eigenvalue weighted by Crippen LogP contribution is -2.42. The molecule has 7 nitrogen and oxygen atoms in total. The van der Waals surface area contributed by atoms with Crippen LogP contribution in [-0.2, 0) is 9.59 Å². The normalized spacial score (nSPS) is 17.4. The quantitative estimate of drug-likeness (QED) is 0.552. The number of aryl methyl sites for hydroxylation is 1. The number of nitriles is 1. The van der Waals surface area contributed by atoms with Crippen molar-refractivity contribution >= 4 is 56.4 Å². The van der Waals surface area contributed by atoms with Gasteiger partial charge in [0.2, 0.25) is 11.8 Å². The zero-order chi connectivity index (χ0) is 24.4. The van der Waals surface area contributed by atoms with Crippen molar-refractivity contribution in [3.8, 4) is 6.07 Å². The molecule has 2 N–H and O–H groups in total. The number of likely N-dealkylation sites (tertiary alicyclic amines) is 1. The SMILES string of the molecule is Cc1c(C(=O)NCC(=O)N2CC(C(=O)Nc3ccc(Cl)cc3)CC2C#N)sc2cccc(F)c12. The Balaban J connectivity index is 1.38. The van der Waals surface area contributed by atoms with Gasteiger partial charge in [0.15, 0.2) is 0 Å². The molecule has 1 fully saturated rings.